The minimum absolute atomic E-state index is 0.0216. The van der Waals surface area contributed by atoms with Crippen LogP contribution in [0.3, 0.4) is 0 Å². The van der Waals surface area contributed by atoms with E-state index in [9.17, 15) is 4.79 Å². The zero-order valence-electron chi connectivity index (χ0n) is 10.2. The molecule has 1 aromatic carbocycles. The van der Waals surface area contributed by atoms with Gasteiger partial charge in [0.25, 0.3) is 0 Å². The lowest BCUT2D eigenvalue weighted by Gasteiger charge is -2.09. The number of rotatable bonds is 4. The number of nitrogens with two attached hydrogens (primary N) is 1. The van der Waals surface area contributed by atoms with Crippen molar-refractivity contribution in [3.8, 4) is 11.6 Å². The highest BCUT2D eigenvalue weighted by Gasteiger charge is 2.11. The van der Waals surface area contributed by atoms with Gasteiger partial charge in [-0.15, -0.1) is 11.8 Å². The number of aromatic nitrogens is 1. The normalized spacial score (nSPS) is 10.2. The number of pyridine rings is 1. The molecule has 1 heterocycles. The van der Waals surface area contributed by atoms with Gasteiger partial charge in [-0.05, 0) is 18.4 Å². The maximum absolute atomic E-state index is 11.0. The van der Waals surface area contributed by atoms with Gasteiger partial charge in [0.05, 0.1) is 17.4 Å². The molecule has 0 saturated carbocycles. The predicted molar refractivity (Wildman–Crippen MR) is 73.9 cm³/mol. The number of benzene rings is 1. The van der Waals surface area contributed by atoms with E-state index in [2.05, 4.69) is 4.98 Å². The molecular weight excluding hydrogens is 264 g/mol. The summed E-state index contributed by atoms with van der Waals surface area (Å²) in [4.78, 5) is 15.9. The second-order valence-corrected chi connectivity index (χ2v) is 4.52. The average molecular weight is 276 g/mol. The van der Waals surface area contributed by atoms with Crippen LogP contribution >= 0.6 is 11.8 Å². The van der Waals surface area contributed by atoms with Gasteiger partial charge in [0, 0.05) is 11.0 Å². The second-order valence-electron chi connectivity index (χ2n) is 3.67. The molecule has 1 aromatic heterocycles. The van der Waals surface area contributed by atoms with Crippen molar-refractivity contribution in [2.45, 2.75) is 4.90 Å². The molecule has 0 unspecified atom stereocenters. The van der Waals surface area contributed by atoms with E-state index in [-0.39, 0.29) is 17.1 Å². The molecule has 0 radical (unpaired) electrons. The Morgan fingerprint density at radius 3 is 2.84 bits per heavy atom. The van der Waals surface area contributed by atoms with E-state index in [1.54, 1.807) is 6.07 Å². The lowest BCUT2D eigenvalue weighted by molar-refractivity contribution is 0.0697. The lowest BCUT2D eigenvalue weighted by atomic mass is 10.2. The Morgan fingerprint density at radius 1 is 1.42 bits per heavy atom. The molecule has 0 bridgehead atoms. The third-order valence-electron chi connectivity index (χ3n) is 2.42. The standard InChI is InChI=1S/C13H12N2O3S/c1-19-11-5-3-2-4-10(11)18-12-6-8(13(16)17)9(14)7-15-12/h2-7H,14H2,1H3,(H,16,17). The van der Waals surface area contributed by atoms with Crippen LogP contribution in [-0.4, -0.2) is 22.3 Å². The van der Waals surface area contributed by atoms with E-state index >= 15 is 0 Å². The number of hydrogen-bond acceptors (Lipinski definition) is 5. The van der Waals surface area contributed by atoms with E-state index < -0.39 is 5.97 Å². The number of carbonyl (C=O) groups is 1. The maximum atomic E-state index is 11.0. The average Bonchev–Trinajstić information content (AvgIpc) is 2.41. The Morgan fingerprint density at radius 2 is 2.16 bits per heavy atom. The highest BCUT2D eigenvalue weighted by atomic mass is 32.2. The van der Waals surface area contributed by atoms with E-state index in [1.165, 1.54) is 24.0 Å². The third-order valence-corrected chi connectivity index (χ3v) is 3.20. The minimum atomic E-state index is -1.11. The molecule has 0 aliphatic heterocycles. The van der Waals surface area contributed by atoms with Crippen LogP contribution < -0.4 is 10.5 Å². The predicted octanol–water partition coefficient (Wildman–Crippen LogP) is 2.88. The van der Waals surface area contributed by atoms with E-state index in [0.29, 0.717) is 5.75 Å². The van der Waals surface area contributed by atoms with Crippen molar-refractivity contribution in [3.05, 3.63) is 42.1 Å². The second kappa shape index (κ2) is 5.62. The molecule has 0 amide bonds. The van der Waals surface area contributed by atoms with Gasteiger partial charge in [-0.1, -0.05) is 12.1 Å². The Labute approximate surface area is 114 Å². The fourth-order valence-corrected chi connectivity index (χ4v) is 2.03. The van der Waals surface area contributed by atoms with Gasteiger partial charge in [0.15, 0.2) is 0 Å². The van der Waals surface area contributed by atoms with Gasteiger partial charge in [-0.2, -0.15) is 0 Å². The zero-order chi connectivity index (χ0) is 13.8. The molecule has 2 rings (SSSR count). The van der Waals surface area contributed by atoms with Gasteiger partial charge in [0.2, 0.25) is 5.88 Å². The molecule has 19 heavy (non-hydrogen) atoms. The minimum Gasteiger partial charge on any atom is -0.478 e. The number of nitrogens with zero attached hydrogens (tertiary/aromatic N) is 1. The highest BCUT2D eigenvalue weighted by Crippen LogP contribution is 2.31. The monoisotopic (exact) mass is 276 g/mol. The van der Waals surface area contributed by atoms with Crippen molar-refractivity contribution in [2.24, 2.45) is 0 Å². The first-order chi connectivity index (χ1) is 9.11. The number of anilines is 1. The zero-order valence-corrected chi connectivity index (χ0v) is 11.0. The van der Waals surface area contributed by atoms with Crippen molar-refractivity contribution in [2.75, 3.05) is 12.0 Å². The number of thioether (sulfide) groups is 1. The Bertz CT molecular complexity index is 617. The number of carboxylic acid groups (broad SMARTS) is 1. The summed E-state index contributed by atoms with van der Waals surface area (Å²) in [5.74, 6) is -0.278. The number of aromatic carboxylic acids is 1. The fraction of sp³-hybridized carbons (Fsp3) is 0.0769. The number of nitrogen functional groups attached to an aromatic ring is 1. The van der Waals surface area contributed by atoms with Crippen LogP contribution in [0.5, 0.6) is 11.6 Å². The van der Waals surface area contributed by atoms with Gasteiger partial charge in [0.1, 0.15) is 5.75 Å². The van der Waals surface area contributed by atoms with Crippen molar-refractivity contribution >= 4 is 23.4 Å². The molecule has 0 atom stereocenters. The molecule has 6 heteroatoms. The Balaban J connectivity index is 2.33. The first kappa shape index (κ1) is 13.2. The van der Waals surface area contributed by atoms with E-state index in [1.807, 2.05) is 24.5 Å². The Hall–Kier alpha value is -2.21. The first-order valence-corrected chi connectivity index (χ1v) is 6.64. The molecule has 0 spiro atoms. The molecule has 98 valence electrons. The maximum Gasteiger partial charge on any atom is 0.338 e. The largest absolute Gasteiger partial charge is 0.478 e. The van der Waals surface area contributed by atoms with Crippen LogP contribution in [0.25, 0.3) is 0 Å². The molecule has 0 aliphatic carbocycles. The molecular formula is C13H12N2O3S. The van der Waals surface area contributed by atoms with Crippen LogP contribution in [0.4, 0.5) is 5.69 Å². The smallest absolute Gasteiger partial charge is 0.338 e. The summed E-state index contributed by atoms with van der Waals surface area (Å²) in [6.07, 6.45) is 3.21. The molecule has 2 aromatic rings. The van der Waals surface area contributed by atoms with Crippen molar-refractivity contribution in [3.63, 3.8) is 0 Å². The molecule has 3 N–H and O–H groups in total. The van der Waals surface area contributed by atoms with Crippen LogP contribution in [0, 0.1) is 0 Å². The van der Waals surface area contributed by atoms with E-state index in [0.717, 1.165) is 4.90 Å². The Kier molecular flexibility index (Phi) is 3.91. The summed E-state index contributed by atoms with van der Waals surface area (Å²) in [7, 11) is 0. The third kappa shape index (κ3) is 2.97. The summed E-state index contributed by atoms with van der Waals surface area (Å²) in [6.45, 7) is 0. The van der Waals surface area contributed by atoms with Gasteiger partial charge >= 0.3 is 5.97 Å². The SMILES string of the molecule is CSc1ccccc1Oc1cc(C(=O)O)c(N)cn1. The highest BCUT2D eigenvalue weighted by molar-refractivity contribution is 7.98. The summed E-state index contributed by atoms with van der Waals surface area (Å²) in [5, 5.41) is 8.99. The topological polar surface area (TPSA) is 85.4 Å². The summed E-state index contributed by atoms with van der Waals surface area (Å²) >= 11 is 1.53. The van der Waals surface area contributed by atoms with Crippen molar-refractivity contribution in [1.82, 2.24) is 4.98 Å². The molecule has 5 nitrogen and oxygen atoms in total. The fourth-order valence-electron chi connectivity index (χ4n) is 1.50. The first-order valence-electron chi connectivity index (χ1n) is 5.41. The summed E-state index contributed by atoms with van der Waals surface area (Å²) < 4.78 is 5.60. The number of ether oxygens (including phenoxy) is 1. The van der Waals surface area contributed by atoms with Crippen LogP contribution in [0.1, 0.15) is 10.4 Å². The van der Waals surface area contributed by atoms with Crippen LogP contribution in [0.15, 0.2) is 41.4 Å². The molecule has 0 aliphatic rings. The van der Waals surface area contributed by atoms with Crippen LogP contribution in [0.2, 0.25) is 0 Å². The lowest BCUT2D eigenvalue weighted by Crippen LogP contribution is -2.03. The summed E-state index contributed by atoms with van der Waals surface area (Å²) in [6, 6.07) is 8.76. The van der Waals surface area contributed by atoms with Crippen LogP contribution in [-0.2, 0) is 0 Å². The van der Waals surface area contributed by atoms with Gasteiger partial charge in [-0.3, -0.25) is 0 Å². The van der Waals surface area contributed by atoms with Crippen molar-refractivity contribution in [1.29, 1.82) is 0 Å². The summed E-state index contributed by atoms with van der Waals surface area (Å²) in [5.41, 5.74) is 5.62. The molecule has 0 fully saturated rings. The quantitative estimate of drug-likeness (QED) is 0.835. The number of para-hydroxylation sites is 1. The van der Waals surface area contributed by atoms with E-state index in [4.69, 9.17) is 15.6 Å². The number of hydrogen-bond donors (Lipinski definition) is 2. The number of carboxylic acids is 1. The van der Waals surface area contributed by atoms with Gasteiger partial charge in [-0.25, -0.2) is 9.78 Å². The van der Waals surface area contributed by atoms with Crippen molar-refractivity contribution < 1.29 is 14.6 Å². The molecule has 0 saturated heterocycles. The van der Waals surface area contributed by atoms with Gasteiger partial charge < -0.3 is 15.6 Å².